The molecule has 3 aliphatic rings. The second kappa shape index (κ2) is 17.1. The van der Waals surface area contributed by atoms with Gasteiger partial charge in [-0.15, -0.1) is 0 Å². The Hall–Kier alpha value is -1.50. The molecule has 208 valence electrons. The number of aliphatic hydroxyl groups is 2. The second-order valence-corrected chi connectivity index (χ2v) is 11.0. The highest BCUT2D eigenvalue weighted by Gasteiger charge is 2.40. The number of hydrogen-bond donors (Lipinski definition) is 2. The van der Waals surface area contributed by atoms with E-state index in [1.165, 1.54) is 12.8 Å². The smallest absolute Gasteiger partial charge is 0.305 e. The number of ether oxygens (including phenoxy) is 2. The Kier molecular flexibility index (Phi) is 15.4. The van der Waals surface area contributed by atoms with E-state index >= 15 is 0 Å². The number of rotatable bonds is 9. The quantitative estimate of drug-likeness (QED) is 0.242. The minimum atomic E-state index is -0.346. The van der Waals surface area contributed by atoms with Gasteiger partial charge in [-0.25, -0.2) is 0 Å². The fraction of sp³-hybridized carbons (Fsp3) is 0.800. The van der Waals surface area contributed by atoms with Gasteiger partial charge in [0.15, 0.2) is 0 Å². The molecule has 6 heteroatoms. The van der Waals surface area contributed by atoms with E-state index in [1.54, 1.807) is 6.92 Å². The number of esters is 1. The van der Waals surface area contributed by atoms with Crippen LogP contribution in [0.2, 0.25) is 0 Å². The maximum absolute atomic E-state index is 11.3. The zero-order valence-corrected chi connectivity index (χ0v) is 23.4. The first-order valence-electron chi connectivity index (χ1n) is 13.9. The summed E-state index contributed by atoms with van der Waals surface area (Å²) in [6.45, 7) is 13.2. The molecule has 0 spiro atoms. The van der Waals surface area contributed by atoms with Crippen molar-refractivity contribution < 1.29 is 29.3 Å². The summed E-state index contributed by atoms with van der Waals surface area (Å²) >= 11 is 0. The van der Waals surface area contributed by atoms with Crippen molar-refractivity contribution >= 4 is 12.3 Å². The van der Waals surface area contributed by atoms with Crippen LogP contribution in [0.1, 0.15) is 86.0 Å². The number of aliphatic hydroxyl groups excluding tert-OH is 2. The molecule has 3 rings (SSSR count). The van der Waals surface area contributed by atoms with Crippen LogP contribution in [0.4, 0.5) is 0 Å². The Morgan fingerprint density at radius 3 is 2.14 bits per heavy atom. The largest absolute Gasteiger partial charge is 0.466 e. The highest BCUT2D eigenvalue weighted by Crippen LogP contribution is 2.44. The summed E-state index contributed by atoms with van der Waals surface area (Å²) < 4.78 is 9.85. The van der Waals surface area contributed by atoms with Gasteiger partial charge in [-0.2, -0.15) is 0 Å². The van der Waals surface area contributed by atoms with Gasteiger partial charge < -0.3 is 24.5 Å². The Balaban J connectivity index is 0.000000305. The molecule has 0 bridgehead atoms. The third-order valence-electron chi connectivity index (χ3n) is 8.61. The molecule has 1 saturated heterocycles. The van der Waals surface area contributed by atoms with Gasteiger partial charge in [0.05, 0.1) is 6.61 Å². The maximum atomic E-state index is 11.3. The molecule has 0 radical (unpaired) electrons. The van der Waals surface area contributed by atoms with E-state index in [-0.39, 0.29) is 35.9 Å². The second-order valence-electron chi connectivity index (χ2n) is 11.0. The summed E-state index contributed by atoms with van der Waals surface area (Å²) in [6.07, 6.45) is 17.1. The first-order valence-corrected chi connectivity index (χ1v) is 13.9. The van der Waals surface area contributed by atoms with E-state index in [2.05, 4.69) is 45.1 Å². The SMILES string of the molecule is C1CCOC1.CCOC(=O)CC[C@@H]1C=CC[C@@H](C)[C@]1(C)C=O.C[C@@H]1CC=C[C@@H](CCCO)[C@@]1(C)CO. The first-order chi connectivity index (χ1) is 17.2. The molecular weight excluding hydrogens is 456 g/mol. The molecule has 2 N–H and O–H groups in total. The zero-order valence-electron chi connectivity index (χ0n) is 23.4. The van der Waals surface area contributed by atoms with Gasteiger partial charge >= 0.3 is 5.97 Å². The predicted octanol–water partition coefficient (Wildman–Crippen LogP) is 5.51. The molecule has 1 aliphatic heterocycles. The summed E-state index contributed by atoms with van der Waals surface area (Å²) in [5.41, 5.74) is -0.342. The maximum Gasteiger partial charge on any atom is 0.305 e. The van der Waals surface area contributed by atoms with Crippen molar-refractivity contribution in [1.82, 2.24) is 0 Å². The Morgan fingerprint density at radius 2 is 1.64 bits per heavy atom. The minimum Gasteiger partial charge on any atom is -0.466 e. The van der Waals surface area contributed by atoms with Gasteiger partial charge in [-0.3, -0.25) is 4.79 Å². The summed E-state index contributed by atoms with van der Waals surface area (Å²) in [5, 5.41) is 18.3. The standard InChI is InChI=1S/C14H22O3.C12H22O2.C4H8O/c1-4-17-13(16)9-8-12-7-5-6-11(2)14(12,3)10-15;1-10-5-3-6-11(7-4-8-13)12(10,2)9-14;1-2-4-5-3-1/h5,7,10-12H,4,6,8-9H2,1-3H3;3,6,10-11,13-14H,4-5,7-9H2,1-2H3;1-4H2/t11-,12+,14+;10-,11+,12+;/m11./s1. The molecule has 1 fully saturated rings. The zero-order chi connectivity index (χ0) is 27.0. The van der Waals surface area contributed by atoms with Crippen LogP contribution in [0.15, 0.2) is 24.3 Å². The third kappa shape index (κ3) is 9.75. The van der Waals surface area contributed by atoms with Gasteiger partial charge in [-0.05, 0) is 81.0 Å². The van der Waals surface area contributed by atoms with Gasteiger partial charge in [0.25, 0.3) is 0 Å². The highest BCUT2D eigenvalue weighted by molar-refractivity contribution is 5.69. The van der Waals surface area contributed by atoms with E-state index < -0.39 is 0 Å². The van der Waals surface area contributed by atoms with E-state index in [4.69, 9.17) is 14.6 Å². The van der Waals surface area contributed by atoms with Crippen LogP contribution < -0.4 is 0 Å². The molecule has 0 unspecified atom stereocenters. The molecule has 6 nitrogen and oxygen atoms in total. The molecule has 0 saturated carbocycles. The summed E-state index contributed by atoms with van der Waals surface area (Å²) in [7, 11) is 0. The molecule has 0 aromatic carbocycles. The van der Waals surface area contributed by atoms with E-state index in [0.717, 1.165) is 45.2 Å². The van der Waals surface area contributed by atoms with Gasteiger partial charge in [-0.1, -0.05) is 52.0 Å². The van der Waals surface area contributed by atoms with Gasteiger partial charge in [0.2, 0.25) is 0 Å². The number of aldehydes is 1. The lowest BCUT2D eigenvalue weighted by Gasteiger charge is -2.42. The fourth-order valence-electron chi connectivity index (χ4n) is 5.21. The molecule has 0 aromatic heterocycles. The molecule has 1 heterocycles. The Morgan fingerprint density at radius 1 is 1.03 bits per heavy atom. The molecule has 0 aromatic rings. The number of allylic oxidation sites excluding steroid dienone is 4. The molecule has 6 atom stereocenters. The monoisotopic (exact) mass is 508 g/mol. The van der Waals surface area contributed by atoms with Gasteiger partial charge in [0, 0.05) is 38.3 Å². The topological polar surface area (TPSA) is 93.1 Å². The van der Waals surface area contributed by atoms with Gasteiger partial charge in [0.1, 0.15) is 6.29 Å². The summed E-state index contributed by atoms with van der Waals surface area (Å²) in [5.74, 6) is 1.25. The van der Waals surface area contributed by atoms with Crippen LogP contribution >= 0.6 is 0 Å². The van der Waals surface area contributed by atoms with Crippen molar-refractivity contribution in [3.05, 3.63) is 24.3 Å². The average Bonchev–Trinajstić information content (AvgIpc) is 3.47. The Labute approximate surface area is 219 Å². The van der Waals surface area contributed by atoms with Crippen LogP contribution in [0.25, 0.3) is 0 Å². The van der Waals surface area contributed by atoms with Crippen molar-refractivity contribution in [2.75, 3.05) is 33.0 Å². The van der Waals surface area contributed by atoms with E-state index in [9.17, 15) is 14.7 Å². The van der Waals surface area contributed by atoms with Crippen molar-refractivity contribution in [3.63, 3.8) is 0 Å². The summed E-state index contributed by atoms with van der Waals surface area (Å²) in [4.78, 5) is 22.7. The van der Waals surface area contributed by atoms with Crippen molar-refractivity contribution in [3.8, 4) is 0 Å². The third-order valence-corrected chi connectivity index (χ3v) is 8.61. The lowest BCUT2D eigenvalue weighted by Crippen LogP contribution is -2.38. The van der Waals surface area contributed by atoms with Crippen molar-refractivity contribution in [1.29, 1.82) is 0 Å². The predicted molar refractivity (Wildman–Crippen MR) is 144 cm³/mol. The van der Waals surface area contributed by atoms with Crippen molar-refractivity contribution in [2.45, 2.75) is 86.0 Å². The minimum absolute atomic E-state index is 0.00389. The van der Waals surface area contributed by atoms with Crippen molar-refractivity contribution in [2.24, 2.45) is 34.5 Å². The first kappa shape index (κ1) is 32.5. The fourth-order valence-corrected chi connectivity index (χ4v) is 5.21. The molecule has 2 aliphatic carbocycles. The number of hydrogen-bond acceptors (Lipinski definition) is 6. The number of carbonyl (C=O) groups is 2. The molecule has 36 heavy (non-hydrogen) atoms. The lowest BCUT2D eigenvalue weighted by molar-refractivity contribution is -0.144. The van der Waals surface area contributed by atoms with Crippen LogP contribution in [-0.2, 0) is 19.1 Å². The Bertz CT molecular complexity index is 677. The van der Waals surface area contributed by atoms with E-state index in [0.29, 0.717) is 37.2 Å². The number of carbonyl (C=O) groups excluding carboxylic acids is 2. The molecular formula is C30H52O6. The lowest BCUT2D eigenvalue weighted by atomic mass is 9.64. The highest BCUT2D eigenvalue weighted by atomic mass is 16.5. The normalized spacial score (nSPS) is 33.1. The van der Waals surface area contributed by atoms with Crippen LogP contribution in [0.3, 0.4) is 0 Å². The molecule has 0 amide bonds. The van der Waals surface area contributed by atoms with Crippen LogP contribution in [0, 0.1) is 34.5 Å². The average molecular weight is 509 g/mol. The summed E-state index contributed by atoms with van der Waals surface area (Å²) in [6, 6.07) is 0. The van der Waals surface area contributed by atoms with E-state index in [1.807, 2.05) is 6.92 Å². The van der Waals surface area contributed by atoms with Crippen LogP contribution in [-0.4, -0.2) is 55.5 Å². The van der Waals surface area contributed by atoms with Crippen LogP contribution in [0.5, 0.6) is 0 Å².